The van der Waals surface area contributed by atoms with E-state index < -0.39 is 11.6 Å². The Balaban J connectivity index is 0.00000400. The van der Waals surface area contributed by atoms with Crippen LogP contribution >= 0.6 is 0 Å². The molecule has 3 nitrogen and oxygen atoms in total. The first-order valence-corrected chi connectivity index (χ1v) is 14.6. The maximum atomic E-state index is 13.9. The van der Waals surface area contributed by atoms with E-state index in [4.69, 9.17) is 9.47 Å². The van der Waals surface area contributed by atoms with Gasteiger partial charge in [-0.3, -0.25) is 0 Å². The molecule has 0 radical (unpaired) electrons. The highest BCUT2D eigenvalue weighted by molar-refractivity contribution is 5.99. The minimum Gasteiger partial charge on any atom is -1.00 e. The first-order chi connectivity index (χ1) is 18.2. The number of benzene rings is 2. The van der Waals surface area contributed by atoms with E-state index in [1.54, 1.807) is 6.07 Å². The Hall–Kier alpha value is -2.14. The quantitative estimate of drug-likeness (QED) is 0.197. The number of nitrogens with zero attached hydrogens (tertiary/aromatic N) is 1. The van der Waals surface area contributed by atoms with Crippen molar-refractivity contribution in [2.45, 2.75) is 110 Å². The van der Waals surface area contributed by atoms with Crippen LogP contribution in [0.2, 0.25) is 0 Å². The zero-order valence-corrected chi connectivity index (χ0v) is 23.8. The van der Waals surface area contributed by atoms with Crippen molar-refractivity contribution in [2.24, 2.45) is 0 Å². The van der Waals surface area contributed by atoms with Gasteiger partial charge in [-0.15, -0.1) is 0 Å². The summed E-state index contributed by atoms with van der Waals surface area (Å²) >= 11 is 0. The third-order valence-electron chi connectivity index (χ3n) is 7.82. The third-order valence-corrected chi connectivity index (χ3v) is 7.82. The van der Waals surface area contributed by atoms with Gasteiger partial charge in [0.05, 0.1) is 0 Å². The zero-order valence-electron chi connectivity index (χ0n) is 23.0. The molecule has 0 atom stereocenters. The number of hydrogen-bond donors (Lipinski definition) is 0. The van der Waals surface area contributed by atoms with Gasteiger partial charge in [0.1, 0.15) is 6.54 Å². The molecule has 0 aromatic heterocycles. The lowest BCUT2D eigenvalue weighted by Crippen LogP contribution is -3.00. The van der Waals surface area contributed by atoms with Gasteiger partial charge in [0, 0.05) is 24.0 Å². The second kappa shape index (κ2) is 16.1. The lowest BCUT2D eigenvalue weighted by molar-refractivity contribution is -0.545. The molecular formula is C32H44ClF2NO2. The number of rotatable bonds is 16. The summed E-state index contributed by atoms with van der Waals surface area (Å²) in [6, 6.07) is 8.49. The van der Waals surface area contributed by atoms with Crippen LogP contribution in [-0.2, 0) is 13.0 Å². The van der Waals surface area contributed by atoms with Crippen molar-refractivity contribution in [3.63, 3.8) is 0 Å². The van der Waals surface area contributed by atoms with Crippen LogP contribution in [0, 0.1) is 11.6 Å². The van der Waals surface area contributed by atoms with Crippen LogP contribution in [0.1, 0.15) is 114 Å². The van der Waals surface area contributed by atoms with E-state index in [1.807, 2.05) is 0 Å². The van der Waals surface area contributed by atoms with Gasteiger partial charge in [0.25, 0.3) is 0 Å². The molecule has 0 fully saturated rings. The summed E-state index contributed by atoms with van der Waals surface area (Å²) < 4.78 is 41.0. The molecule has 38 heavy (non-hydrogen) atoms. The van der Waals surface area contributed by atoms with Gasteiger partial charge in [0.15, 0.2) is 35.4 Å². The Labute approximate surface area is 234 Å². The fourth-order valence-corrected chi connectivity index (χ4v) is 5.66. The summed E-state index contributed by atoms with van der Waals surface area (Å²) in [5, 5.41) is 0. The minimum atomic E-state index is -0.795. The van der Waals surface area contributed by atoms with E-state index in [-0.39, 0.29) is 19.2 Å². The Bertz CT molecular complexity index is 1060. The Morgan fingerprint density at radius 3 is 1.97 bits per heavy atom. The van der Waals surface area contributed by atoms with Gasteiger partial charge in [0.2, 0.25) is 6.79 Å². The molecule has 0 unspecified atom stereocenters. The topological polar surface area (TPSA) is 21.5 Å². The zero-order chi connectivity index (χ0) is 25.9. The van der Waals surface area contributed by atoms with Crippen molar-refractivity contribution in [1.82, 2.24) is 0 Å². The van der Waals surface area contributed by atoms with Gasteiger partial charge >= 0.3 is 0 Å². The van der Waals surface area contributed by atoms with Crippen molar-refractivity contribution in [3.05, 3.63) is 58.7 Å². The standard InChI is InChI=1S/C32H44F2NO2.ClH/c1-2-3-4-5-6-7-8-9-10-11-12-13-14-15-30-27-22-32-31(36-24-37-32)21-26(27)18-19-35(30)23-25-16-17-28(33)29(34)20-25;/h16-17,20-22H,2-15,18-19,23-24H2,1H3;1H/q+1;/p-1. The monoisotopic (exact) mass is 547 g/mol. The Morgan fingerprint density at radius 2 is 1.34 bits per heavy atom. The van der Waals surface area contributed by atoms with Crippen molar-refractivity contribution >= 4 is 5.71 Å². The number of unbranched alkanes of at least 4 members (excludes halogenated alkanes) is 12. The number of hydrogen-bond acceptors (Lipinski definition) is 2. The average molecular weight is 548 g/mol. The van der Waals surface area contributed by atoms with E-state index in [0.29, 0.717) is 6.54 Å². The third kappa shape index (κ3) is 8.69. The SMILES string of the molecule is CCCCCCCCCCCCCCCC1=[N+](Cc2ccc(F)c(F)c2)CCc2cc3c(cc21)OCO3.[Cl-]. The molecule has 2 aliphatic rings. The van der Waals surface area contributed by atoms with Crippen LogP contribution in [0.4, 0.5) is 8.78 Å². The van der Waals surface area contributed by atoms with E-state index in [0.717, 1.165) is 42.9 Å². The molecule has 0 bridgehead atoms. The van der Waals surface area contributed by atoms with Crippen LogP contribution in [0.25, 0.3) is 0 Å². The maximum absolute atomic E-state index is 13.9. The molecule has 0 spiro atoms. The average Bonchev–Trinajstić information content (AvgIpc) is 3.36. The summed E-state index contributed by atoms with van der Waals surface area (Å²) in [6.45, 7) is 3.98. The lowest BCUT2D eigenvalue weighted by atomic mass is 9.92. The van der Waals surface area contributed by atoms with Crippen LogP contribution in [-0.4, -0.2) is 23.6 Å². The second-order valence-corrected chi connectivity index (χ2v) is 10.7. The van der Waals surface area contributed by atoms with Crippen LogP contribution < -0.4 is 21.9 Å². The molecule has 2 heterocycles. The van der Waals surface area contributed by atoms with Crippen molar-refractivity contribution in [2.75, 3.05) is 13.3 Å². The molecule has 210 valence electrons. The van der Waals surface area contributed by atoms with Crippen LogP contribution in [0.5, 0.6) is 11.5 Å². The highest BCUT2D eigenvalue weighted by atomic mass is 35.5. The van der Waals surface area contributed by atoms with E-state index in [1.165, 1.54) is 106 Å². The fraction of sp³-hybridized carbons (Fsp3) is 0.594. The molecule has 2 aliphatic heterocycles. The minimum absolute atomic E-state index is 0. The summed E-state index contributed by atoms with van der Waals surface area (Å²) in [5.74, 6) is 0.0531. The molecule has 2 aromatic carbocycles. The molecule has 0 amide bonds. The largest absolute Gasteiger partial charge is 1.00 e. The molecule has 0 aliphatic carbocycles. The molecule has 6 heteroatoms. The van der Waals surface area contributed by atoms with Crippen molar-refractivity contribution in [3.8, 4) is 11.5 Å². The number of fused-ring (bicyclic) bond motifs is 2. The van der Waals surface area contributed by atoms with E-state index in [2.05, 4.69) is 23.6 Å². The van der Waals surface area contributed by atoms with E-state index in [9.17, 15) is 8.78 Å². The molecule has 0 saturated heterocycles. The number of halogens is 3. The van der Waals surface area contributed by atoms with Gasteiger partial charge in [-0.1, -0.05) is 84.0 Å². The maximum Gasteiger partial charge on any atom is 0.231 e. The van der Waals surface area contributed by atoms with Crippen LogP contribution in [0.15, 0.2) is 30.3 Å². The predicted molar refractivity (Wildman–Crippen MR) is 146 cm³/mol. The predicted octanol–water partition coefficient (Wildman–Crippen LogP) is 5.74. The van der Waals surface area contributed by atoms with Crippen molar-refractivity contribution in [1.29, 1.82) is 0 Å². The smallest absolute Gasteiger partial charge is 0.231 e. The summed E-state index contributed by atoms with van der Waals surface area (Å²) in [5.41, 5.74) is 4.59. The summed E-state index contributed by atoms with van der Waals surface area (Å²) in [6.07, 6.45) is 19.3. The van der Waals surface area contributed by atoms with Crippen LogP contribution in [0.3, 0.4) is 0 Å². The van der Waals surface area contributed by atoms with Gasteiger partial charge < -0.3 is 21.9 Å². The summed E-state index contributed by atoms with van der Waals surface area (Å²) in [7, 11) is 0. The normalized spacial score (nSPS) is 14.0. The molecule has 0 saturated carbocycles. The van der Waals surface area contributed by atoms with Crippen molar-refractivity contribution < 1.29 is 35.2 Å². The number of ether oxygens (including phenoxy) is 2. The molecule has 4 rings (SSSR count). The fourth-order valence-electron chi connectivity index (χ4n) is 5.66. The molecular weight excluding hydrogens is 504 g/mol. The van der Waals surface area contributed by atoms with E-state index >= 15 is 0 Å². The lowest BCUT2D eigenvalue weighted by Gasteiger charge is -2.19. The first kappa shape index (κ1) is 30.4. The van der Waals surface area contributed by atoms with Gasteiger partial charge in [-0.2, -0.15) is 0 Å². The second-order valence-electron chi connectivity index (χ2n) is 10.7. The molecule has 0 N–H and O–H groups in total. The first-order valence-electron chi connectivity index (χ1n) is 14.6. The Kier molecular flexibility index (Phi) is 12.9. The Morgan fingerprint density at radius 1 is 0.737 bits per heavy atom. The highest BCUT2D eigenvalue weighted by Gasteiger charge is 2.29. The molecule has 2 aromatic rings. The van der Waals surface area contributed by atoms with Gasteiger partial charge in [-0.25, -0.2) is 13.4 Å². The highest BCUT2D eigenvalue weighted by Crippen LogP contribution is 2.37. The van der Waals surface area contributed by atoms with Gasteiger partial charge in [-0.05, 0) is 42.3 Å². The summed E-state index contributed by atoms with van der Waals surface area (Å²) in [4.78, 5) is 0.